The fourth-order valence-corrected chi connectivity index (χ4v) is 3.27. The van der Waals surface area contributed by atoms with Crippen molar-refractivity contribution in [1.82, 2.24) is 24.5 Å². The second kappa shape index (κ2) is 6.96. The molecule has 0 spiro atoms. The highest BCUT2D eigenvalue weighted by Crippen LogP contribution is 2.19. The summed E-state index contributed by atoms with van der Waals surface area (Å²) >= 11 is 0. The maximum Gasteiger partial charge on any atom is 0.295 e. The van der Waals surface area contributed by atoms with E-state index in [1.807, 2.05) is 44.2 Å². The molecule has 0 bridgehead atoms. The van der Waals surface area contributed by atoms with E-state index in [2.05, 4.69) is 37.2 Å². The Hall–Kier alpha value is -3.00. The van der Waals surface area contributed by atoms with E-state index in [0.29, 0.717) is 5.78 Å². The van der Waals surface area contributed by atoms with E-state index in [4.69, 9.17) is 0 Å². The van der Waals surface area contributed by atoms with E-state index >= 15 is 0 Å². The summed E-state index contributed by atoms with van der Waals surface area (Å²) in [5.41, 5.74) is 3.62. The number of hydrogen-bond donors (Lipinski definition) is 1. The lowest BCUT2D eigenvalue weighted by Gasteiger charge is -2.34. The molecule has 0 atom stereocenters. The van der Waals surface area contributed by atoms with Crippen molar-refractivity contribution in [2.45, 2.75) is 13.8 Å². The first-order valence-electron chi connectivity index (χ1n) is 9.05. The van der Waals surface area contributed by atoms with Gasteiger partial charge in [0.15, 0.2) is 0 Å². The molecule has 0 aliphatic carbocycles. The number of carbonyl (C=O) groups excluding carboxylic acids is 1. The van der Waals surface area contributed by atoms with Crippen LogP contribution in [0, 0.1) is 13.8 Å². The molecule has 0 unspecified atom stereocenters. The molecule has 140 valence electrons. The van der Waals surface area contributed by atoms with Crippen LogP contribution >= 0.6 is 0 Å². The van der Waals surface area contributed by atoms with Crippen molar-refractivity contribution >= 4 is 23.1 Å². The van der Waals surface area contributed by atoms with E-state index in [1.54, 1.807) is 4.52 Å². The minimum absolute atomic E-state index is 0.111. The predicted molar refractivity (Wildman–Crippen MR) is 104 cm³/mol. The normalized spacial score (nSPS) is 15.3. The smallest absolute Gasteiger partial charge is 0.295 e. The number of carbonyl (C=O) groups is 1. The average molecular weight is 365 g/mol. The highest BCUT2D eigenvalue weighted by Gasteiger charge is 2.16. The number of hydrogen-bond acceptors (Lipinski definition) is 6. The average Bonchev–Trinajstić information content (AvgIpc) is 3.08. The summed E-state index contributed by atoms with van der Waals surface area (Å²) in [5.74, 6) is 0.201. The first kappa shape index (κ1) is 17.4. The van der Waals surface area contributed by atoms with Gasteiger partial charge in [0.2, 0.25) is 5.82 Å². The Morgan fingerprint density at radius 2 is 1.74 bits per heavy atom. The SMILES string of the molecule is Cc1cc(C)n2nc(C(=O)Nc3ccc(N4CCN(C)CC4)cc3)nc2n1. The number of rotatable bonds is 3. The molecule has 1 aliphatic rings. The minimum atomic E-state index is -0.343. The lowest BCUT2D eigenvalue weighted by Crippen LogP contribution is -2.44. The Labute approximate surface area is 157 Å². The number of benzene rings is 1. The van der Waals surface area contributed by atoms with Crippen molar-refractivity contribution in [1.29, 1.82) is 0 Å². The van der Waals surface area contributed by atoms with E-state index < -0.39 is 0 Å². The van der Waals surface area contributed by atoms with Gasteiger partial charge in [-0.05, 0) is 51.2 Å². The van der Waals surface area contributed by atoms with E-state index in [0.717, 1.165) is 43.3 Å². The van der Waals surface area contributed by atoms with Crippen molar-refractivity contribution < 1.29 is 4.79 Å². The van der Waals surface area contributed by atoms with Gasteiger partial charge in [0.05, 0.1) is 0 Å². The summed E-state index contributed by atoms with van der Waals surface area (Å²) < 4.78 is 1.58. The fraction of sp³-hybridized carbons (Fsp3) is 0.368. The lowest BCUT2D eigenvalue weighted by atomic mass is 10.2. The maximum absolute atomic E-state index is 12.5. The molecule has 1 amide bonds. The molecule has 3 aromatic rings. The number of nitrogens with zero attached hydrogens (tertiary/aromatic N) is 6. The van der Waals surface area contributed by atoms with Gasteiger partial charge in [-0.3, -0.25) is 4.79 Å². The molecule has 1 aromatic carbocycles. The molecule has 0 radical (unpaired) electrons. The van der Waals surface area contributed by atoms with Crippen LogP contribution in [0.3, 0.4) is 0 Å². The van der Waals surface area contributed by atoms with Crippen LogP contribution < -0.4 is 10.2 Å². The highest BCUT2D eigenvalue weighted by atomic mass is 16.2. The number of likely N-dealkylation sites (N-methyl/N-ethyl adjacent to an activating group) is 1. The first-order valence-corrected chi connectivity index (χ1v) is 9.05. The van der Waals surface area contributed by atoms with Gasteiger partial charge in [-0.2, -0.15) is 4.98 Å². The quantitative estimate of drug-likeness (QED) is 0.762. The molecule has 8 heteroatoms. The highest BCUT2D eigenvalue weighted by molar-refractivity contribution is 6.01. The second-order valence-electron chi connectivity index (χ2n) is 6.98. The van der Waals surface area contributed by atoms with Crippen molar-refractivity contribution in [2.24, 2.45) is 0 Å². The standard InChI is InChI=1S/C19H23N7O/c1-13-12-14(2)26-19(20-13)22-17(23-26)18(27)21-15-4-6-16(7-5-15)25-10-8-24(3)9-11-25/h4-7,12H,8-11H2,1-3H3,(H,21,27). The molecule has 3 heterocycles. The maximum atomic E-state index is 12.5. The van der Waals surface area contributed by atoms with Gasteiger partial charge in [0.25, 0.3) is 11.7 Å². The van der Waals surface area contributed by atoms with Crippen LogP contribution in [-0.2, 0) is 0 Å². The van der Waals surface area contributed by atoms with Crippen LogP contribution in [0.25, 0.3) is 5.78 Å². The minimum Gasteiger partial charge on any atom is -0.369 e. The van der Waals surface area contributed by atoms with Gasteiger partial charge >= 0.3 is 0 Å². The second-order valence-corrected chi connectivity index (χ2v) is 6.98. The number of anilines is 2. The first-order chi connectivity index (χ1) is 13.0. The zero-order chi connectivity index (χ0) is 19.0. The Bertz CT molecular complexity index is 972. The Morgan fingerprint density at radius 3 is 2.44 bits per heavy atom. The molecule has 1 aliphatic heterocycles. The van der Waals surface area contributed by atoms with Gasteiger partial charge in [0.1, 0.15) is 0 Å². The topological polar surface area (TPSA) is 78.7 Å². The number of aromatic nitrogens is 4. The zero-order valence-corrected chi connectivity index (χ0v) is 15.8. The van der Waals surface area contributed by atoms with Crippen LogP contribution in [0.2, 0.25) is 0 Å². The van der Waals surface area contributed by atoms with Crippen LogP contribution in [-0.4, -0.2) is 63.6 Å². The van der Waals surface area contributed by atoms with Crippen molar-refractivity contribution in [3.8, 4) is 0 Å². The summed E-state index contributed by atoms with van der Waals surface area (Å²) in [7, 11) is 2.14. The van der Waals surface area contributed by atoms with Crippen molar-refractivity contribution in [3.05, 3.63) is 47.5 Å². The zero-order valence-electron chi connectivity index (χ0n) is 15.8. The monoisotopic (exact) mass is 365 g/mol. The number of nitrogens with one attached hydrogen (secondary N) is 1. The van der Waals surface area contributed by atoms with Crippen LogP contribution in [0.15, 0.2) is 30.3 Å². The largest absolute Gasteiger partial charge is 0.369 e. The molecule has 8 nitrogen and oxygen atoms in total. The molecule has 4 rings (SSSR count). The molecular weight excluding hydrogens is 342 g/mol. The number of amides is 1. The van der Waals surface area contributed by atoms with E-state index in [9.17, 15) is 4.79 Å². The summed E-state index contributed by atoms with van der Waals surface area (Å²) in [6.45, 7) is 7.95. The molecule has 1 N–H and O–H groups in total. The van der Waals surface area contributed by atoms with Gasteiger partial charge < -0.3 is 15.1 Å². The van der Waals surface area contributed by atoms with Crippen molar-refractivity contribution in [2.75, 3.05) is 43.4 Å². The van der Waals surface area contributed by atoms with Crippen LogP contribution in [0.4, 0.5) is 11.4 Å². The predicted octanol–water partition coefficient (Wildman–Crippen LogP) is 1.75. The third-order valence-electron chi connectivity index (χ3n) is 4.81. The molecule has 1 saturated heterocycles. The summed E-state index contributed by atoms with van der Waals surface area (Å²) in [4.78, 5) is 25.7. The molecule has 2 aromatic heterocycles. The van der Waals surface area contributed by atoms with Crippen LogP contribution in [0.5, 0.6) is 0 Å². The molecule has 27 heavy (non-hydrogen) atoms. The van der Waals surface area contributed by atoms with Crippen LogP contribution in [0.1, 0.15) is 22.0 Å². The number of piperazine rings is 1. The lowest BCUT2D eigenvalue weighted by molar-refractivity contribution is 0.101. The van der Waals surface area contributed by atoms with E-state index in [1.165, 1.54) is 5.69 Å². The Kier molecular flexibility index (Phi) is 4.49. The molecule has 0 saturated carbocycles. The molecular formula is C19H23N7O. The summed E-state index contributed by atoms with van der Waals surface area (Å²) in [5, 5.41) is 7.12. The summed E-state index contributed by atoms with van der Waals surface area (Å²) in [6.07, 6.45) is 0. The van der Waals surface area contributed by atoms with Gasteiger partial charge in [-0.1, -0.05) is 0 Å². The Morgan fingerprint density at radius 1 is 1.04 bits per heavy atom. The van der Waals surface area contributed by atoms with Gasteiger partial charge in [-0.25, -0.2) is 9.50 Å². The number of aryl methyl sites for hydroxylation is 2. The number of fused-ring (bicyclic) bond motifs is 1. The Balaban J connectivity index is 1.47. The molecule has 1 fully saturated rings. The summed E-state index contributed by atoms with van der Waals surface area (Å²) in [6, 6.07) is 9.80. The van der Waals surface area contributed by atoms with Gasteiger partial charge in [0, 0.05) is 48.9 Å². The van der Waals surface area contributed by atoms with E-state index in [-0.39, 0.29) is 11.7 Å². The van der Waals surface area contributed by atoms with Crippen molar-refractivity contribution in [3.63, 3.8) is 0 Å². The third kappa shape index (κ3) is 3.61. The fourth-order valence-electron chi connectivity index (χ4n) is 3.27. The third-order valence-corrected chi connectivity index (χ3v) is 4.81. The van der Waals surface area contributed by atoms with Gasteiger partial charge in [-0.15, -0.1) is 5.10 Å².